The van der Waals surface area contributed by atoms with Crippen LogP contribution in [-0.2, 0) is 4.79 Å². The minimum absolute atomic E-state index is 0.0289. The molecule has 1 fully saturated rings. The first-order chi connectivity index (χ1) is 8.76. The van der Waals surface area contributed by atoms with Crippen molar-refractivity contribution in [2.24, 2.45) is 5.92 Å². The number of nitriles is 1. The quantitative estimate of drug-likeness (QED) is 0.664. The molecule has 0 N–H and O–H groups in total. The molecule has 0 saturated carbocycles. The number of hydrogen-bond acceptors (Lipinski definition) is 4. The first-order valence-electron chi connectivity index (χ1n) is 5.68. The average Bonchev–Trinajstić information content (AvgIpc) is 2.78. The Balaban J connectivity index is 2.31. The van der Waals surface area contributed by atoms with Gasteiger partial charge in [0.1, 0.15) is 0 Å². The van der Waals surface area contributed by atoms with E-state index in [1.807, 2.05) is 12.1 Å². The lowest BCUT2D eigenvalue weighted by Gasteiger charge is -2.18. The van der Waals surface area contributed by atoms with Crippen molar-refractivity contribution in [1.82, 2.24) is 9.88 Å². The van der Waals surface area contributed by atoms with Crippen molar-refractivity contribution in [3.05, 3.63) is 36.2 Å². The zero-order chi connectivity index (χ0) is 13.0. The molecular weight excluding hydrogens is 246 g/mol. The Morgan fingerprint density at radius 1 is 1.67 bits per heavy atom. The number of pyridine rings is 1. The molecule has 1 aliphatic heterocycles. The molecule has 4 nitrogen and oxygen atoms in total. The van der Waals surface area contributed by atoms with E-state index in [0.717, 1.165) is 0 Å². The van der Waals surface area contributed by atoms with Gasteiger partial charge in [0.05, 0.1) is 17.5 Å². The van der Waals surface area contributed by atoms with Crippen LogP contribution in [0.2, 0.25) is 0 Å². The number of nitrogens with zero attached hydrogens (tertiary/aromatic N) is 3. The Morgan fingerprint density at radius 2 is 2.50 bits per heavy atom. The number of carbonyl (C=O) groups is 1. The van der Waals surface area contributed by atoms with Gasteiger partial charge < -0.3 is 4.90 Å². The number of carbonyl (C=O) groups excluding carboxylic acids is 1. The molecule has 2 rings (SSSR count). The second-order valence-corrected chi connectivity index (χ2v) is 4.50. The molecule has 1 aromatic rings. The summed E-state index contributed by atoms with van der Waals surface area (Å²) in [6, 6.07) is 7.42. The molecule has 0 aromatic carbocycles. The van der Waals surface area contributed by atoms with Crippen molar-refractivity contribution < 1.29 is 4.79 Å². The second-order valence-electron chi connectivity index (χ2n) is 4.13. The molecule has 0 aliphatic carbocycles. The van der Waals surface area contributed by atoms with E-state index in [1.54, 1.807) is 23.2 Å². The molecule has 5 heteroatoms. The van der Waals surface area contributed by atoms with Crippen molar-refractivity contribution >= 4 is 24.2 Å². The van der Waals surface area contributed by atoms with Crippen LogP contribution >= 0.6 is 12.6 Å². The van der Waals surface area contributed by atoms with Crippen molar-refractivity contribution in [2.45, 2.75) is 6.42 Å². The van der Waals surface area contributed by atoms with Crippen molar-refractivity contribution in [3.63, 3.8) is 0 Å². The van der Waals surface area contributed by atoms with Gasteiger partial charge in [0.15, 0.2) is 0 Å². The van der Waals surface area contributed by atoms with Crippen LogP contribution in [0.15, 0.2) is 30.5 Å². The van der Waals surface area contributed by atoms with Crippen LogP contribution in [0.1, 0.15) is 12.1 Å². The summed E-state index contributed by atoms with van der Waals surface area (Å²) in [5.41, 5.74) is 1.22. The third-order valence-corrected chi connectivity index (χ3v) is 3.40. The average molecular weight is 259 g/mol. The molecule has 1 saturated heterocycles. The predicted octanol–water partition coefficient (Wildman–Crippen LogP) is 1.72. The summed E-state index contributed by atoms with van der Waals surface area (Å²) in [5, 5.41) is 8.86. The van der Waals surface area contributed by atoms with E-state index in [-0.39, 0.29) is 11.8 Å². The molecule has 1 aromatic heterocycles. The molecule has 0 bridgehead atoms. The lowest BCUT2D eigenvalue weighted by Crippen LogP contribution is -2.24. The Hall–Kier alpha value is -1.80. The van der Waals surface area contributed by atoms with Gasteiger partial charge in [0, 0.05) is 25.2 Å². The molecule has 0 radical (unpaired) electrons. The van der Waals surface area contributed by atoms with Crippen LogP contribution < -0.4 is 0 Å². The SMILES string of the molecule is N#CC=C(c1ccccn1)N1CC(CS)CC1=O. The molecule has 1 unspecified atom stereocenters. The first kappa shape index (κ1) is 12.7. The van der Waals surface area contributed by atoms with Crippen LogP contribution in [0.25, 0.3) is 5.70 Å². The van der Waals surface area contributed by atoms with Crippen LogP contribution in [0, 0.1) is 17.2 Å². The van der Waals surface area contributed by atoms with Gasteiger partial charge in [-0.05, 0) is 23.8 Å². The van der Waals surface area contributed by atoms with E-state index in [1.165, 1.54) is 6.08 Å². The third kappa shape index (κ3) is 2.54. The standard InChI is InChI=1S/C13H13N3OS/c14-5-4-12(11-3-1-2-6-15-11)16-8-10(9-18)7-13(16)17/h1-4,6,10,18H,7-9H2. The number of allylic oxidation sites excluding steroid dienone is 1. The fourth-order valence-electron chi connectivity index (χ4n) is 2.00. The summed E-state index contributed by atoms with van der Waals surface area (Å²) in [5.74, 6) is 0.942. The number of hydrogen-bond donors (Lipinski definition) is 1. The fraction of sp³-hybridized carbons (Fsp3) is 0.308. The van der Waals surface area contributed by atoms with Gasteiger partial charge in [-0.15, -0.1) is 0 Å². The zero-order valence-corrected chi connectivity index (χ0v) is 10.7. The van der Waals surface area contributed by atoms with Crippen LogP contribution in [0.5, 0.6) is 0 Å². The normalized spacial score (nSPS) is 20.0. The highest BCUT2D eigenvalue weighted by Crippen LogP contribution is 2.27. The molecule has 1 amide bonds. The first-order valence-corrected chi connectivity index (χ1v) is 6.32. The Labute approximate surface area is 111 Å². The summed E-state index contributed by atoms with van der Waals surface area (Å²) >= 11 is 4.23. The summed E-state index contributed by atoms with van der Waals surface area (Å²) in [4.78, 5) is 17.8. The van der Waals surface area contributed by atoms with E-state index in [4.69, 9.17) is 5.26 Å². The van der Waals surface area contributed by atoms with Gasteiger partial charge in [-0.1, -0.05) is 6.07 Å². The van der Waals surface area contributed by atoms with E-state index in [0.29, 0.717) is 30.1 Å². The lowest BCUT2D eigenvalue weighted by atomic mass is 10.1. The molecule has 1 atom stereocenters. The molecule has 92 valence electrons. The molecule has 0 spiro atoms. The molecule has 1 aliphatic rings. The van der Waals surface area contributed by atoms with Gasteiger partial charge >= 0.3 is 0 Å². The topological polar surface area (TPSA) is 57.0 Å². The van der Waals surface area contributed by atoms with Gasteiger partial charge in [-0.25, -0.2) is 0 Å². The van der Waals surface area contributed by atoms with Crippen LogP contribution in [-0.4, -0.2) is 28.1 Å². The fourth-order valence-corrected chi connectivity index (χ4v) is 2.25. The third-order valence-electron chi connectivity index (χ3n) is 2.88. The highest BCUT2D eigenvalue weighted by atomic mass is 32.1. The van der Waals surface area contributed by atoms with Crippen LogP contribution in [0.3, 0.4) is 0 Å². The van der Waals surface area contributed by atoms with Gasteiger partial charge in [-0.3, -0.25) is 9.78 Å². The van der Waals surface area contributed by atoms with Gasteiger partial charge in [-0.2, -0.15) is 17.9 Å². The number of thiol groups is 1. The summed E-state index contributed by atoms with van der Waals surface area (Å²) < 4.78 is 0. The number of amides is 1. The van der Waals surface area contributed by atoms with E-state index in [2.05, 4.69) is 17.6 Å². The zero-order valence-electron chi connectivity index (χ0n) is 9.78. The Kier molecular flexibility index (Phi) is 4.00. The van der Waals surface area contributed by atoms with Crippen molar-refractivity contribution in [1.29, 1.82) is 5.26 Å². The summed E-state index contributed by atoms with van der Waals surface area (Å²) in [6.45, 7) is 0.604. The largest absolute Gasteiger partial charge is 0.309 e. The molecule has 2 heterocycles. The van der Waals surface area contributed by atoms with Crippen molar-refractivity contribution in [3.8, 4) is 6.07 Å². The molecular formula is C13H13N3OS. The lowest BCUT2D eigenvalue weighted by molar-refractivity contribution is -0.125. The Morgan fingerprint density at radius 3 is 3.06 bits per heavy atom. The maximum atomic E-state index is 11.9. The Bertz CT molecular complexity index is 507. The monoisotopic (exact) mass is 259 g/mol. The second kappa shape index (κ2) is 5.69. The van der Waals surface area contributed by atoms with Crippen molar-refractivity contribution in [2.75, 3.05) is 12.3 Å². The van der Waals surface area contributed by atoms with Crippen LogP contribution in [0.4, 0.5) is 0 Å². The minimum Gasteiger partial charge on any atom is -0.309 e. The minimum atomic E-state index is 0.0289. The van der Waals surface area contributed by atoms with Gasteiger partial charge in [0.25, 0.3) is 0 Å². The van der Waals surface area contributed by atoms with E-state index >= 15 is 0 Å². The summed E-state index contributed by atoms with van der Waals surface area (Å²) in [7, 11) is 0. The smallest absolute Gasteiger partial charge is 0.227 e. The highest BCUT2D eigenvalue weighted by Gasteiger charge is 2.31. The number of likely N-dealkylation sites (tertiary alicyclic amines) is 1. The van der Waals surface area contributed by atoms with Gasteiger partial charge in [0.2, 0.25) is 5.91 Å². The van der Waals surface area contributed by atoms with E-state index < -0.39 is 0 Å². The summed E-state index contributed by atoms with van der Waals surface area (Å²) in [6.07, 6.45) is 3.51. The van der Waals surface area contributed by atoms with E-state index in [9.17, 15) is 4.79 Å². The maximum Gasteiger partial charge on any atom is 0.227 e. The number of aromatic nitrogens is 1. The highest BCUT2D eigenvalue weighted by molar-refractivity contribution is 7.80. The number of rotatable bonds is 3. The maximum absolute atomic E-state index is 11.9. The predicted molar refractivity (Wildman–Crippen MR) is 71.5 cm³/mol. The molecule has 18 heavy (non-hydrogen) atoms.